The number of carbonyl (C=O) groups is 2. The Morgan fingerprint density at radius 3 is 2.95 bits per heavy atom. The molecule has 2 fully saturated rings. The van der Waals surface area contributed by atoms with Crippen molar-refractivity contribution in [3.05, 3.63) is 0 Å². The van der Waals surface area contributed by atoms with Gasteiger partial charge in [-0.25, -0.2) is 0 Å². The van der Waals surface area contributed by atoms with Gasteiger partial charge in [-0.3, -0.25) is 9.59 Å². The molecule has 0 aromatic rings. The van der Waals surface area contributed by atoms with E-state index in [2.05, 4.69) is 12.2 Å². The summed E-state index contributed by atoms with van der Waals surface area (Å²) in [5.74, 6) is 0.414. The minimum atomic E-state index is -0.761. The van der Waals surface area contributed by atoms with E-state index >= 15 is 0 Å². The summed E-state index contributed by atoms with van der Waals surface area (Å²) in [6.07, 6.45) is 4.26. The smallest absolute Gasteiger partial charge is 0.243 e. The number of hydrogen-bond acceptors (Lipinski definition) is 3. The van der Waals surface area contributed by atoms with E-state index in [0.29, 0.717) is 25.4 Å². The third kappa shape index (κ3) is 2.76. The van der Waals surface area contributed by atoms with Crippen LogP contribution >= 0.6 is 0 Å². The Labute approximate surface area is 114 Å². The summed E-state index contributed by atoms with van der Waals surface area (Å²) in [7, 11) is 0. The highest BCUT2D eigenvalue weighted by molar-refractivity contribution is 5.93. The van der Waals surface area contributed by atoms with Crippen molar-refractivity contribution >= 4 is 11.8 Å². The van der Waals surface area contributed by atoms with Gasteiger partial charge in [0.2, 0.25) is 11.8 Å². The monoisotopic (exact) mass is 267 g/mol. The summed E-state index contributed by atoms with van der Waals surface area (Å²) in [4.78, 5) is 26.3. The molecule has 1 saturated heterocycles. The molecule has 5 heteroatoms. The fourth-order valence-electron chi connectivity index (χ4n) is 3.44. The normalized spacial score (nSPS) is 35.9. The van der Waals surface area contributed by atoms with Gasteiger partial charge in [0.15, 0.2) is 0 Å². The number of piperazine rings is 1. The molecule has 1 aliphatic carbocycles. The van der Waals surface area contributed by atoms with Crippen molar-refractivity contribution in [3.8, 4) is 0 Å². The highest BCUT2D eigenvalue weighted by Crippen LogP contribution is 2.32. The van der Waals surface area contributed by atoms with Crippen molar-refractivity contribution in [2.24, 2.45) is 11.7 Å². The van der Waals surface area contributed by atoms with Crippen molar-refractivity contribution in [2.45, 2.75) is 57.5 Å². The lowest BCUT2D eigenvalue weighted by Crippen LogP contribution is -2.65. The average molecular weight is 267 g/mol. The molecule has 1 heterocycles. The van der Waals surface area contributed by atoms with Gasteiger partial charge in [0, 0.05) is 13.1 Å². The van der Waals surface area contributed by atoms with Crippen LogP contribution in [0.4, 0.5) is 0 Å². The number of carbonyl (C=O) groups excluding carboxylic acids is 2. The maximum atomic E-state index is 12.8. The van der Waals surface area contributed by atoms with Gasteiger partial charge in [0.05, 0.1) is 5.54 Å². The zero-order valence-corrected chi connectivity index (χ0v) is 11.9. The van der Waals surface area contributed by atoms with Crippen LogP contribution in [0.2, 0.25) is 0 Å². The minimum absolute atomic E-state index is 0.0271. The van der Waals surface area contributed by atoms with Crippen LogP contribution in [0.15, 0.2) is 0 Å². The van der Waals surface area contributed by atoms with Gasteiger partial charge < -0.3 is 16.0 Å². The lowest BCUT2D eigenvalue weighted by molar-refractivity contribution is -0.148. The Kier molecular flexibility index (Phi) is 4.13. The SMILES string of the molecule is CCC1C(=O)NCCN1C(=O)C1(N)CCCC(C)C1. The van der Waals surface area contributed by atoms with Gasteiger partial charge >= 0.3 is 0 Å². The molecule has 1 aliphatic heterocycles. The van der Waals surface area contributed by atoms with Gasteiger partial charge in [-0.2, -0.15) is 0 Å². The third-order valence-electron chi connectivity index (χ3n) is 4.44. The fraction of sp³-hybridized carbons (Fsp3) is 0.857. The number of nitrogens with one attached hydrogen (secondary N) is 1. The molecule has 5 nitrogen and oxygen atoms in total. The number of hydrogen-bond donors (Lipinski definition) is 2. The van der Waals surface area contributed by atoms with E-state index in [9.17, 15) is 9.59 Å². The molecule has 19 heavy (non-hydrogen) atoms. The van der Waals surface area contributed by atoms with Crippen LogP contribution in [-0.2, 0) is 9.59 Å². The van der Waals surface area contributed by atoms with Crippen LogP contribution in [0.1, 0.15) is 46.0 Å². The lowest BCUT2D eigenvalue weighted by Gasteiger charge is -2.43. The highest BCUT2D eigenvalue weighted by Gasteiger charge is 2.44. The molecule has 3 atom stereocenters. The predicted octanol–water partition coefficient (Wildman–Crippen LogP) is 0.631. The molecule has 1 saturated carbocycles. The molecule has 2 rings (SSSR count). The molecule has 0 radical (unpaired) electrons. The van der Waals surface area contributed by atoms with E-state index in [1.807, 2.05) is 6.92 Å². The molecule has 0 bridgehead atoms. The Balaban J connectivity index is 2.15. The topological polar surface area (TPSA) is 75.4 Å². The first-order chi connectivity index (χ1) is 8.98. The standard InChI is InChI=1S/C14H25N3O2/c1-3-11-12(18)16-7-8-17(11)13(19)14(15)6-4-5-10(2)9-14/h10-11H,3-9,15H2,1-2H3,(H,16,18). The molecule has 2 aliphatic rings. The second kappa shape index (κ2) is 5.49. The number of nitrogens with two attached hydrogens (primary N) is 1. The second-order valence-corrected chi connectivity index (χ2v) is 6.07. The van der Waals surface area contributed by atoms with Crippen LogP contribution in [0.25, 0.3) is 0 Å². The first kappa shape index (κ1) is 14.3. The van der Waals surface area contributed by atoms with Crippen molar-refractivity contribution < 1.29 is 9.59 Å². The van der Waals surface area contributed by atoms with Gasteiger partial charge in [-0.1, -0.05) is 26.7 Å². The van der Waals surface area contributed by atoms with Crippen LogP contribution in [0.3, 0.4) is 0 Å². The van der Waals surface area contributed by atoms with Crippen molar-refractivity contribution in [1.82, 2.24) is 10.2 Å². The van der Waals surface area contributed by atoms with Crippen LogP contribution < -0.4 is 11.1 Å². The van der Waals surface area contributed by atoms with Crippen LogP contribution in [0.5, 0.6) is 0 Å². The van der Waals surface area contributed by atoms with Gasteiger partial charge in [0.1, 0.15) is 6.04 Å². The summed E-state index contributed by atoms with van der Waals surface area (Å²) in [6.45, 7) is 5.19. The summed E-state index contributed by atoms with van der Waals surface area (Å²) >= 11 is 0. The number of rotatable bonds is 2. The van der Waals surface area contributed by atoms with Gasteiger partial charge in [0.25, 0.3) is 0 Å². The Bertz CT molecular complexity index is 372. The molecule has 3 unspecified atom stereocenters. The van der Waals surface area contributed by atoms with Crippen molar-refractivity contribution in [1.29, 1.82) is 0 Å². The Morgan fingerprint density at radius 1 is 1.58 bits per heavy atom. The van der Waals surface area contributed by atoms with E-state index in [-0.39, 0.29) is 17.9 Å². The van der Waals surface area contributed by atoms with E-state index in [1.165, 1.54) is 0 Å². The van der Waals surface area contributed by atoms with Crippen molar-refractivity contribution in [3.63, 3.8) is 0 Å². The molecule has 0 aromatic heterocycles. The van der Waals surface area contributed by atoms with Crippen molar-refractivity contribution in [2.75, 3.05) is 13.1 Å². The maximum absolute atomic E-state index is 12.8. The maximum Gasteiger partial charge on any atom is 0.243 e. The Hall–Kier alpha value is -1.10. The average Bonchev–Trinajstić information content (AvgIpc) is 2.37. The fourth-order valence-corrected chi connectivity index (χ4v) is 3.44. The molecular formula is C14H25N3O2. The van der Waals surface area contributed by atoms with E-state index in [1.54, 1.807) is 4.90 Å². The van der Waals surface area contributed by atoms with E-state index in [0.717, 1.165) is 25.7 Å². The molecule has 0 aromatic carbocycles. The lowest BCUT2D eigenvalue weighted by atomic mass is 9.76. The minimum Gasteiger partial charge on any atom is -0.353 e. The quantitative estimate of drug-likeness (QED) is 0.770. The van der Waals surface area contributed by atoms with Gasteiger partial charge in [-0.05, 0) is 25.2 Å². The Morgan fingerprint density at radius 2 is 2.32 bits per heavy atom. The molecule has 2 amide bonds. The summed E-state index contributed by atoms with van der Waals surface area (Å²) in [6, 6.07) is -0.348. The largest absolute Gasteiger partial charge is 0.353 e. The zero-order valence-electron chi connectivity index (χ0n) is 11.9. The van der Waals surface area contributed by atoms with Crippen LogP contribution in [-0.4, -0.2) is 41.4 Å². The molecule has 0 spiro atoms. The van der Waals surface area contributed by atoms with E-state index < -0.39 is 5.54 Å². The predicted molar refractivity (Wildman–Crippen MR) is 73.4 cm³/mol. The zero-order chi connectivity index (χ0) is 14.0. The molecule has 108 valence electrons. The number of nitrogens with zero attached hydrogens (tertiary/aromatic N) is 1. The molecule has 3 N–H and O–H groups in total. The summed E-state index contributed by atoms with van der Waals surface area (Å²) < 4.78 is 0. The summed E-state index contributed by atoms with van der Waals surface area (Å²) in [5.41, 5.74) is 5.60. The highest BCUT2D eigenvalue weighted by atomic mass is 16.2. The van der Waals surface area contributed by atoms with Gasteiger partial charge in [-0.15, -0.1) is 0 Å². The van der Waals surface area contributed by atoms with Crippen LogP contribution in [0, 0.1) is 5.92 Å². The first-order valence-corrected chi connectivity index (χ1v) is 7.35. The molecular weight excluding hydrogens is 242 g/mol. The van der Waals surface area contributed by atoms with E-state index in [4.69, 9.17) is 5.73 Å². The first-order valence-electron chi connectivity index (χ1n) is 7.35. The third-order valence-corrected chi connectivity index (χ3v) is 4.44. The summed E-state index contributed by atoms with van der Waals surface area (Å²) in [5, 5.41) is 2.82. The second-order valence-electron chi connectivity index (χ2n) is 6.07. The number of amides is 2.